The number of carbonyl (C=O) groups is 3. The van der Waals surface area contributed by atoms with Crippen molar-refractivity contribution in [3.63, 3.8) is 0 Å². The number of hydroxylamine groups is 1. The number of phenols is 1. The van der Waals surface area contributed by atoms with E-state index in [2.05, 4.69) is 5.48 Å². The number of amides is 3. The first kappa shape index (κ1) is 36.8. The first-order valence-corrected chi connectivity index (χ1v) is 19.3. The van der Waals surface area contributed by atoms with Gasteiger partial charge >= 0.3 is 6.09 Å². The molecule has 276 valence electrons. The maximum absolute atomic E-state index is 14.3. The average molecular weight is 776 g/mol. The van der Waals surface area contributed by atoms with E-state index in [0.717, 1.165) is 38.6 Å². The largest absolute Gasteiger partial charge is 0.507 e. The van der Waals surface area contributed by atoms with Gasteiger partial charge in [0.05, 0.1) is 21.1 Å². The summed E-state index contributed by atoms with van der Waals surface area (Å²) < 4.78 is 5.43. The number of nitrogens with zero attached hydrogens (tertiary/aromatic N) is 3. The Morgan fingerprint density at radius 1 is 0.830 bits per heavy atom. The first-order chi connectivity index (χ1) is 25.4. The van der Waals surface area contributed by atoms with Gasteiger partial charge in [0.2, 0.25) is 0 Å². The number of carbonyl (C=O) groups excluding carboxylic acids is 3. The van der Waals surface area contributed by atoms with Crippen LogP contribution in [-0.2, 0) is 4.74 Å². The number of phenolic OH excluding ortho intramolecular Hbond substituents is 1. The molecule has 0 fully saturated rings. The molecule has 7 rings (SSSR count). The van der Waals surface area contributed by atoms with E-state index < -0.39 is 11.7 Å². The lowest BCUT2D eigenvalue weighted by atomic mass is 9.95. The highest BCUT2D eigenvalue weighted by Crippen LogP contribution is 2.48. The van der Waals surface area contributed by atoms with E-state index in [1.807, 2.05) is 75.4 Å². The van der Waals surface area contributed by atoms with Gasteiger partial charge in [-0.1, -0.05) is 48.5 Å². The molecule has 5 aromatic rings. The molecule has 0 spiro atoms. The maximum atomic E-state index is 14.3. The molecule has 0 saturated carbocycles. The number of halogens is 2. The van der Waals surface area contributed by atoms with Crippen molar-refractivity contribution in [3.8, 4) is 11.5 Å². The van der Waals surface area contributed by atoms with E-state index in [4.69, 9.17) is 32.8 Å². The van der Waals surface area contributed by atoms with Gasteiger partial charge in [0.1, 0.15) is 11.4 Å². The summed E-state index contributed by atoms with van der Waals surface area (Å²) in [6.45, 7) is 6.84. The summed E-state index contributed by atoms with van der Waals surface area (Å²) in [6, 6.07) is 22.2. The molecule has 2 N–H and O–H groups in total. The monoisotopic (exact) mass is 774 g/mol. The minimum atomic E-state index is -0.600. The summed E-state index contributed by atoms with van der Waals surface area (Å²) in [6.07, 6.45) is -0.431. The van der Waals surface area contributed by atoms with E-state index in [0.29, 0.717) is 70.2 Å². The molecule has 0 saturated heterocycles. The van der Waals surface area contributed by atoms with Crippen molar-refractivity contribution in [1.29, 1.82) is 0 Å². The molecular formula is C40H40Cl2N4O6S. The van der Waals surface area contributed by atoms with Crippen LogP contribution in [-0.4, -0.2) is 78.5 Å². The van der Waals surface area contributed by atoms with Gasteiger partial charge in [0, 0.05) is 79.7 Å². The van der Waals surface area contributed by atoms with Crippen LogP contribution in [0.15, 0.2) is 72.8 Å². The number of hydrogen-bond donors (Lipinski definition) is 2. The quantitative estimate of drug-likeness (QED) is 0.0878. The summed E-state index contributed by atoms with van der Waals surface area (Å²) >= 11 is 14.1. The van der Waals surface area contributed by atoms with E-state index in [1.54, 1.807) is 35.0 Å². The minimum Gasteiger partial charge on any atom is -0.507 e. The summed E-state index contributed by atoms with van der Waals surface area (Å²) in [5.74, 6) is 0.492. The molecule has 2 atom stereocenters. The zero-order valence-corrected chi connectivity index (χ0v) is 32.1. The zero-order valence-electron chi connectivity index (χ0n) is 29.8. The SMILES string of the molecule is CN(CCNOc1cc2c(c3ccccc13)[C@H](CCl)CN2C(=O)c1ccc(C(=O)N2C[C@@H](CCl)c3c2cc(O)c2ccccc32)s1)C(=O)OC(C)(C)C. The van der Waals surface area contributed by atoms with Crippen molar-refractivity contribution in [2.45, 2.75) is 38.2 Å². The van der Waals surface area contributed by atoms with Crippen molar-refractivity contribution >= 4 is 85.4 Å². The molecule has 3 amide bonds. The highest BCUT2D eigenvalue weighted by molar-refractivity contribution is 7.16. The lowest BCUT2D eigenvalue weighted by Crippen LogP contribution is -2.38. The van der Waals surface area contributed by atoms with Crippen LogP contribution in [0.1, 0.15) is 63.1 Å². The Balaban J connectivity index is 1.13. The van der Waals surface area contributed by atoms with E-state index >= 15 is 0 Å². The smallest absolute Gasteiger partial charge is 0.410 e. The fourth-order valence-corrected chi connectivity index (χ4v) is 8.58. The minimum absolute atomic E-state index is 0.0928. The number of benzene rings is 4. The van der Waals surface area contributed by atoms with Crippen LogP contribution in [0.5, 0.6) is 11.5 Å². The van der Waals surface area contributed by atoms with Crippen LogP contribution >= 0.6 is 34.5 Å². The van der Waals surface area contributed by atoms with E-state index in [1.165, 1.54) is 4.90 Å². The van der Waals surface area contributed by atoms with Gasteiger partial charge in [-0.15, -0.1) is 34.5 Å². The second-order valence-corrected chi connectivity index (χ2v) is 16.0. The molecule has 3 heterocycles. The highest BCUT2D eigenvalue weighted by atomic mass is 35.5. The summed E-state index contributed by atoms with van der Waals surface area (Å²) in [4.78, 5) is 52.4. The van der Waals surface area contributed by atoms with Crippen LogP contribution in [0.3, 0.4) is 0 Å². The van der Waals surface area contributed by atoms with Gasteiger partial charge in [0.25, 0.3) is 11.8 Å². The Hall–Kier alpha value is -4.55. The van der Waals surface area contributed by atoms with Crippen LogP contribution in [0.25, 0.3) is 21.5 Å². The second kappa shape index (κ2) is 14.7. The van der Waals surface area contributed by atoms with Gasteiger partial charge in [-0.2, -0.15) is 5.48 Å². The fraction of sp³-hybridized carbons (Fsp3) is 0.325. The topological polar surface area (TPSA) is 112 Å². The molecule has 1 aromatic heterocycles. The number of rotatable bonds is 9. The number of ether oxygens (including phenoxy) is 1. The predicted octanol–water partition coefficient (Wildman–Crippen LogP) is 8.48. The number of aromatic hydroxyl groups is 1. The Bertz CT molecular complexity index is 2240. The van der Waals surface area contributed by atoms with Gasteiger partial charge < -0.3 is 29.4 Å². The lowest BCUT2D eigenvalue weighted by Gasteiger charge is -2.24. The van der Waals surface area contributed by atoms with Gasteiger partial charge in [-0.25, -0.2) is 4.79 Å². The van der Waals surface area contributed by atoms with E-state index in [-0.39, 0.29) is 29.4 Å². The highest BCUT2D eigenvalue weighted by Gasteiger charge is 2.38. The normalized spacial score (nSPS) is 16.6. The van der Waals surface area contributed by atoms with Crippen molar-refractivity contribution in [2.24, 2.45) is 0 Å². The van der Waals surface area contributed by atoms with Crippen LogP contribution in [0, 0.1) is 0 Å². The Kier molecular flexibility index (Phi) is 10.2. The van der Waals surface area contributed by atoms with Crippen molar-refractivity contribution in [1.82, 2.24) is 10.4 Å². The number of hydrogen-bond acceptors (Lipinski definition) is 8. The molecule has 2 aliphatic rings. The van der Waals surface area contributed by atoms with Gasteiger partial charge in [0.15, 0.2) is 5.75 Å². The molecule has 4 aromatic carbocycles. The zero-order chi connectivity index (χ0) is 37.6. The summed E-state index contributed by atoms with van der Waals surface area (Å²) in [7, 11) is 1.66. The number of likely N-dealkylation sites (N-methyl/N-ethyl adjacent to an activating group) is 1. The Labute approximate surface area is 321 Å². The molecule has 0 bridgehead atoms. The number of anilines is 2. The molecule has 13 heteroatoms. The molecule has 0 aliphatic carbocycles. The van der Waals surface area contributed by atoms with Crippen LogP contribution in [0.4, 0.5) is 16.2 Å². The molecule has 0 unspecified atom stereocenters. The Morgan fingerprint density at radius 3 is 1.89 bits per heavy atom. The van der Waals surface area contributed by atoms with Crippen molar-refractivity contribution in [3.05, 3.63) is 93.7 Å². The predicted molar refractivity (Wildman–Crippen MR) is 212 cm³/mol. The third-order valence-electron chi connectivity index (χ3n) is 9.60. The summed E-state index contributed by atoms with van der Waals surface area (Å²) in [5.41, 5.74) is 5.57. The third-order valence-corrected chi connectivity index (χ3v) is 11.4. The number of nitrogens with one attached hydrogen (secondary N) is 1. The van der Waals surface area contributed by atoms with Gasteiger partial charge in [-0.3, -0.25) is 9.59 Å². The first-order valence-electron chi connectivity index (χ1n) is 17.4. The lowest BCUT2D eigenvalue weighted by molar-refractivity contribution is 0.0287. The molecule has 0 radical (unpaired) electrons. The summed E-state index contributed by atoms with van der Waals surface area (Å²) in [5, 5.41) is 14.2. The molecular weight excluding hydrogens is 735 g/mol. The van der Waals surface area contributed by atoms with Crippen LogP contribution in [0.2, 0.25) is 0 Å². The van der Waals surface area contributed by atoms with Gasteiger partial charge in [-0.05, 0) is 54.8 Å². The number of fused-ring (bicyclic) bond motifs is 6. The Morgan fingerprint density at radius 2 is 1.34 bits per heavy atom. The number of alkyl halides is 2. The standard InChI is InChI=1S/C40H40Cl2N4O6S/c1-40(2,3)51-39(50)44(4)16-15-43-52-32-18-30-36(28-12-8-6-10-26(28)32)24(20-42)22-46(30)38(49)34-14-13-33(53-34)37(48)45-21-23(19-41)35-27-11-7-5-9-25(27)31(47)17-29(35)45/h5-14,17-18,23-24,43,47H,15-16,19-22H2,1-4H3/t23-,24-/m1/s1. The van der Waals surface area contributed by atoms with Crippen molar-refractivity contribution < 1.29 is 29.1 Å². The third kappa shape index (κ3) is 6.99. The fourth-order valence-electron chi connectivity index (χ4n) is 7.17. The average Bonchev–Trinajstić information content (AvgIpc) is 3.88. The molecule has 53 heavy (non-hydrogen) atoms. The maximum Gasteiger partial charge on any atom is 0.410 e. The van der Waals surface area contributed by atoms with Crippen LogP contribution < -0.4 is 20.1 Å². The number of thiophene rings is 1. The van der Waals surface area contributed by atoms with Crippen molar-refractivity contribution in [2.75, 3.05) is 54.8 Å². The second-order valence-electron chi connectivity index (χ2n) is 14.3. The molecule has 2 aliphatic heterocycles. The van der Waals surface area contributed by atoms with E-state index in [9.17, 15) is 19.5 Å². The molecule has 10 nitrogen and oxygen atoms in total.